The third-order valence-corrected chi connectivity index (χ3v) is 4.11. The summed E-state index contributed by atoms with van der Waals surface area (Å²) in [5.74, 6) is 0.770. The van der Waals surface area contributed by atoms with Gasteiger partial charge in [-0.15, -0.1) is 0 Å². The van der Waals surface area contributed by atoms with E-state index >= 15 is 0 Å². The number of hydrogen-bond donors (Lipinski definition) is 3. The van der Waals surface area contributed by atoms with Crippen molar-refractivity contribution < 1.29 is 14.6 Å². The minimum atomic E-state index is -0.500. The molecular weight excluding hydrogens is 268 g/mol. The molecule has 1 aromatic rings. The van der Waals surface area contributed by atoms with Gasteiger partial charge in [-0.3, -0.25) is 4.79 Å². The van der Waals surface area contributed by atoms with E-state index in [0.717, 1.165) is 30.7 Å². The van der Waals surface area contributed by atoms with Crippen molar-refractivity contribution in [3.8, 4) is 5.75 Å². The maximum absolute atomic E-state index is 12.5. The summed E-state index contributed by atoms with van der Waals surface area (Å²) < 4.78 is 5.14. The molecule has 2 atom stereocenters. The lowest BCUT2D eigenvalue weighted by molar-refractivity contribution is -0.127. The Kier molecular flexibility index (Phi) is 5.20. The topological polar surface area (TPSA) is 70.6 Å². The summed E-state index contributed by atoms with van der Waals surface area (Å²) in [6.07, 6.45) is 2.35. The maximum Gasteiger partial charge on any atom is 0.240 e. The average Bonchev–Trinajstić information content (AvgIpc) is 2.95. The second-order valence-corrected chi connectivity index (χ2v) is 5.67. The van der Waals surface area contributed by atoms with Crippen LogP contribution in [0, 0.1) is 0 Å². The number of methoxy groups -OCH3 is 1. The van der Waals surface area contributed by atoms with Crippen LogP contribution in [0.3, 0.4) is 0 Å². The first-order chi connectivity index (χ1) is 10.1. The van der Waals surface area contributed by atoms with Crippen LogP contribution in [0.15, 0.2) is 24.3 Å². The molecule has 116 valence electrons. The number of nitrogens with one attached hydrogen (secondary N) is 2. The summed E-state index contributed by atoms with van der Waals surface area (Å²) in [7, 11) is 1.62. The van der Waals surface area contributed by atoms with Crippen LogP contribution in [0.4, 0.5) is 0 Å². The zero-order valence-electron chi connectivity index (χ0n) is 12.7. The summed E-state index contributed by atoms with van der Waals surface area (Å²) >= 11 is 0. The quantitative estimate of drug-likeness (QED) is 0.741. The van der Waals surface area contributed by atoms with E-state index in [9.17, 15) is 9.90 Å². The highest BCUT2D eigenvalue weighted by Crippen LogP contribution is 2.23. The monoisotopic (exact) mass is 292 g/mol. The molecule has 1 aliphatic rings. The molecule has 21 heavy (non-hydrogen) atoms. The Morgan fingerprint density at radius 2 is 2.19 bits per heavy atom. The number of aliphatic hydroxyl groups excluding tert-OH is 1. The van der Waals surface area contributed by atoms with Crippen molar-refractivity contribution in [2.24, 2.45) is 0 Å². The van der Waals surface area contributed by atoms with Crippen LogP contribution in [0.2, 0.25) is 0 Å². The van der Waals surface area contributed by atoms with Crippen molar-refractivity contribution in [1.29, 1.82) is 0 Å². The van der Waals surface area contributed by atoms with Crippen molar-refractivity contribution in [3.05, 3.63) is 29.8 Å². The number of ether oxygens (including phenoxy) is 1. The molecule has 1 aliphatic heterocycles. The zero-order chi connectivity index (χ0) is 15.3. The normalized spacial score (nSPS) is 22.8. The fourth-order valence-electron chi connectivity index (χ4n) is 2.69. The van der Waals surface area contributed by atoms with Crippen LogP contribution >= 0.6 is 0 Å². The van der Waals surface area contributed by atoms with Gasteiger partial charge in [-0.1, -0.05) is 12.1 Å². The summed E-state index contributed by atoms with van der Waals surface area (Å²) in [6.45, 7) is 2.83. The zero-order valence-corrected chi connectivity index (χ0v) is 12.7. The molecule has 0 saturated carbocycles. The number of aliphatic hydroxyl groups is 1. The Morgan fingerprint density at radius 1 is 1.48 bits per heavy atom. The van der Waals surface area contributed by atoms with E-state index < -0.39 is 5.54 Å². The molecule has 5 heteroatoms. The molecule has 2 rings (SSSR count). The summed E-state index contributed by atoms with van der Waals surface area (Å²) in [6, 6.07) is 7.38. The van der Waals surface area contributed by atoms with Crippen molar-refractivity contribution in [3.63, 3.8) is 0 Å². The van der Waals surface area contributed by atoms with Crippen LogP contribution in [0.25, 0.3) is 0 Å². The summed E-state index contributed by atoms with van der Waals surface area (Å²) in [5.41, 5.74) is 0.472. The Hall–Kier alpha value is -1.59. The van der Waals surface area contributed by atoms with Gasteiger partial charge < -0.3 is 20.5 Å². The van der Waals surface area contributed by atoms with E-state index in [4.69, 9.17) is 4.74 Å². The molecule has 0 radical (unpaired) electrons. The molecule has 1 heterocycles. The van der Waals surface area contributed by atoms with Crippen molar-refractivity contribution in [1.82, 2.24) is 10.6 Å². The first-order valence-electron chi connectivity index (χ1n) is 7.40. The predicted molar refractivity (Wildman–Crippen MR) is 81.2 cm³/mol. The van der Waals surface area contributed by atoms with Gasteiger partial charge in [-0.2, -0.15) is 0 Å². The number of hydrogen-bond acceptors (Lipinski definition) is 4. The molecule has 0 spiro atoms. The highest BCUT2D eigenvalue weighted by molar-refractivity contribution is 5.86. The Bertz CT molecular complexity index is 467. The lowest BCUT2D eigenvalue weighted by Crippen LogP contribution is -2.52. The molecule has 0 aromatic heterocycles. The van der Waals surface area contributed by atoms with E-state index in [1.807, 2.05) is 31.2 Å². The molecule has 0 aliphatic carbocycles. The fourth-order valence-corrected chi connectivity index (χ4v) is 2.69. The van der Waals surface area contributed by atoms with Crippen LogP contribution in [0.5, 0.6) is 5.75 Å². The third-order valence-electron chi connectivity index (χ3n) is 4.11. The van der Waals surface area contributed by atoms with Crippen LogP contribution < -0.4 is 15.4 Å². The van der Waals surface area contributed by atoms with Gasteiger partial charge >= 0.3 is 0 Å². The Labute approximate surface area is 125 Å². The largest absolute Gasteiger partial charge is 0.497 e. The van der Waals surface area contributed by atoms with Crippen LogP contribution in [-0.2, 0) is 4.79 Å². The van der Waals surface area contributed by atoms with Gasteiger partial charge in [-0.25, -0.2) is 0 Å². The smallest absolute Gasteiger partial charge is 0.240 e. The van der Waals surface area contributed by atoms with Crippen molar-refractivity contribution in [2.75, 3.05) is 20.3 Å². The number of amides is 1. The minimum absolute atomic E-state index is 0.00531. The van der Waals surface area contributed by atoms with Gasteiger partial charge in [0.1, 0.15) is 5.75 Å². The lowest BCUT2D eigenvalue weighted by atomic mass is 9.97. The molecule has 2 unspecified atom stereocenters. The molecule has 1 saturated heterocycles. The Morgan fingerprint density at radius 3 is 2.71 bits per heavy atom. The summed E-state index contributed by atoms with van der Waals surface area (Å²) in [4.78, 5) is 12.5. The molecular formula is C16H24N2O3. The van der Waals surface area contributed by atoms with Gasteiger partial charge in [0, 0.05) is 6.61 Å². The van der Waals surface area contributed by atoms with E-state index in [2.05, 4.69) is 10.6 Å². The van der Waals surface area contributed by atoms with E-state index in [-0.39, 0.29) is 18.6 Å². The molecule has 1 fully saturated rings. The fraction of sp³-hybridized carbons (Fsp3) is 0.562. The summed E-state index contributed by atoms with van der Waals surface area (Å²) in [5, 5.41) is 15.6. The molecule has 0 bridgehead atoms. The van der Waals surface area contributed by atoms with Gasteiger partial charge in [0.2, 0.25) is 5.91 Å². The number of rotatable bonds is 6. The average molecular weight is 292 g/mol. The van der Waals surface area contributed by atoms with E-state index in [0.29, 0.717) is 6.42 Å². The van der Waals surface area contributed by atoms with Crippen LogP contribution in [0.1, 0.15) is 37.8 Å². The minimum Gasteiger partial charge on any atom is -0.497 e. The highest BCUT2D eigenvalue weighted by Gasteiger charge is 2.36. The number of carbonyl (C=O) groups is 1. The number of carbonyl (C=O) groups excluding carboxylic acids is 1. The third kappa shape index (κ3) is 3.74. The van der Waals surface area contributed by atoms with Crippen molar-refractivity contribution >= 4 is 5.91 Å². The first-order valence-corrected chi connectivity index (χ1v) is 7.40. The van der Waals surface area contributed by atoms with Crippen molar-refractivity contribution in [2.45, 2.75) is 37.8 Å². The van der Waals surface area contributed by atoms with Gasteiger partial charge in [0.05, 0.1) is 18.7 Å². The molecule has 1 amide bonds. The van der Waals surface area contributed by atoms with E-state index in [1.165, 1.54) is 0 Å². The number of benzene rings is 1. The van der Waals surface area contributed by atoms with Gasteiger partial charge in [-0.05, 0) is 50.4 Å². The predicted octanol–water partition coefficient (Wildman–Crippen LogP) is 1.38. The highest BCUT2D eigenvalue weighted by atomic mass is 16.5. The maximum atomic E-state index is 12.5. The molecule has 3 N–H and O–H groups in total. The second-order valence-electron chi connectivity index (χ2n) is 5.67. The van der Waals surface area contributed by atoms with Gasteiger partial charge in [0.15, 0.2) is 0 Å². The first kappa shape index (κ1) is 15.8. The Balaban J connectivity index is 2.09. The molecule has 1 aromatic carbocycles. The SMILES string of the molecule is COc1ccc(C(CCO)NC(=O)C2(C)CCCN2)cc1. The lowest BCUT2D eigenvalue weighted by Gasteiger charge is -2.27. The standard InChI is InChI=1S/C16H24N2O3/c1-16(9-3-10-17-16)15(20)18-14(8-11-19)12-4-6-13(21-2)7-5-12/h4-7,14,17,19H,3,8-11H2,1-2H3,(H,18,20). The second kappa shape index (κ2) is 6.91. The van der Waals surface area contributed by atoms with E-state index in [1.54, 1.807) is 7.11 Å². The van der Waals surface area contributed by atoms with Gasteiger partial charge in [0.25, 0.3) is 0 Å². The molecule has 5 nitrogen and oxygen atoms in total. The van der Waals surface area contributed by atoms with Crippen LogP contribution in [-0.4, -0.2) is 36.8 Å².